The SMILES string of the molecule is c1ccc(CCC2CN2)c(CCC2CN2)c1. The molecule has 3 rings (SSSR count). The molecular weight excluding hydrogens is 196 g/mol. The zero-order chi connectivity index (χ0) is 10.8. The molecule has 2 nitrogen and oxygen atoms in total. The summed E-state index contributed by atoms with van der Waals surface area (Å²) in [5.41, 5.74) is 3.13. The van der Waals surface area contributed by atoms with Crippen LogP contribution in [0.3, 0.4) is 0 Å². The molecule has 2 N–H and O–H groups in total. The van der Waals surface area contributed by atoms with Crippen LogP contribution in [0, 0.1) is 0 Å². The van der Waals surface area contributed by atoms with Gasteiger partial charge in [-0.2, -0.15) is 0 Å². The minimum Gasteiger partial charge on any atom is -0.311 e. The van der Waals surface area contributed by atoms with Gasteiger partial charge in [-0.05, 0) is 36.8 Å². The van der Waals surface area contributed by atoms with Crippen molar-refractivity contribution in [1.29, 1.82) is 0 Å². The van der Waals surface area contributed by atoms with Crippen molar-refractivity contribution in [3.8, 4) is 0 Å². The fourth-order valence-electron chi connectivity index (χ4n) is 2.28. The Balaban J connectivity index is 1.58. The van der Waals surface area contributed by atoms with Crippen molar-refractivity contribution in [3.63, 3.8) is 0 Å². The smallest absolute Gasteiger partial charge is 0.0196 e. The van der Waals surface area contributed by atoms with Crippen LogP contribution in [0.5, 0.6) is 0 Å². The van der Waals surface area contributed by atoms with Gasteiger partial charge in [0, 0.05) is 25.2 Å². The lowest BCUT2D eigenvalue weighted by Crippen LogP contribution is -2.01. The molecule has 0 amide bonds. The van der Waals surface area contributed by atoms with Gasteiger partial charge in [0.1, 0.15) is 0 Å². The molecule has 2 atom stereocenters. The summed E-state index contributed by atoms with van der Waals surface area (Å²) in [5.74, 6) is 0. The van der Waals surface area contributed by atoms with Crippen molar-refractivity contribution >= 4 is 0 Å². The van der Waals surface area contributed by atoms with Crippen molar-refractivity contribution in [3.05, 3.63) is 35.4 Å². The Morgan fingerprint density at radius 2 is 1.31 bits per heavy atom. The predicted molar refractivity (Wildman–Crippen MR) is 66.7 cm³/mol. The second-order valence-electron chi connectivity index (χ2n) is 5.06. The van der Waals surface area contributed by atoms with E-state index in [1.165, 1.54) is 38.8 Å². The van der Waals surface area contributed by atoms with Gasteiger partial charge in [0.05, 0.1) is 0 Å². The van der Waals surface area contributed by atoms with E-state index in [1.807, 2.05) is 0 Å². The maximum absolute atomic E-state index is 3.37. The lowest BCUT2D eigenvalue weighted by Gasteiger charge is -2.08. The third-order valence-electron chi connectivity index (χ3n) is 3.63. The van der Waals surface area contributed by atoms with Crippen LogP contribution in [-0.4, -0.2) is 25.2 Å². The molecule has 2 aliphatic rings. The fraction of sp³-hybridized carbons (Fsp3) is 0.571. The molecule has 2 fully saturated rings. The lowest BCUT2D eigenvalue weighted by atomic mass is 9.98. The standard InChI is InChI=1S/C14H20N2/c1-2-4-12(6-8-14-10-16-14)11(3-1)5-7-13-9-15-13/h1-4,13-16H,5-10H2. The molecule has 1 aromatic carbocycles. The summed E-state index contributed by atoms with van der Waals surface area (Å²) in [4.78, 5) is 0. The maximum Gasteiger partial charge on any atom is 0.0196 e. The number of hydrogen-bond acceptors (Lipinski definition) is 2. The summed E-state index contributed by atoms with van der Waals surface area (Å²) in [6.45, 7) is 2.46. The lowest BCUT2D eigenvalue weighted by molar-refractivity contribution is 0.764. The van der Waals surface area contributed by atoms with E-state index in [0.717, 1.165) is 12.1 Å². The normalized spacial score (nSPS) is 26.8. The molecule has 0 radical (unpaired) electrons. The second kappa shape index (κ2) is 4.56. The quantitative estimate of drug-likeness (QED) is 0.708. The molecular formula is C14H20N2. The van der Waals surface area contributed by atoms with Gasteiger partial charge in [0.15, 0.2) is 0 Å². The number of nitrogens with one attached hydrogen (secondary N) is 2. The Kier molecular flexibility index (Phi) is 2.94. The van der Waals surface area contributed by atoms with Crippen molar-refractivity contribution in [2.24, 2.45) is 0 Å². The third kappa shape index (κ3) is 2.83. The molecule has 0 aliphatic carbocycles. The van der Waals surface area contributed by atoms with Crippen molar-refractivity contribution in [2.75, 3.05) is 13.1 Å². The van der Waals surface area contributed by atoms with Gasteiger partial charge >= 0.3 is 0 Å². The molecule has 2 heteroatoms. The van der Waals surface area contributed by atoms with E-state index in [0.29, 0.717) is 0 Å². The molecule has 0 saturated carbocycles. The Morgan fingerprint density at radius 1 is 0.875 bits per heavy atom. The predicted octanol–water partition coefficient (Wildman–Crippen LogP) is 1.50. The van der Waals surface area contributed by atoms with E-state index in [1.54, 1.807) is 11.1 Å². The Morgan fingerprint density at radius 3 is 1.69 bits per heavy atom. The van der Waals surface area contributed by atoms with Gasteiger partial charge in [0.25, 0.3) is 0 Å². The highest BCUT2D eigenvalue weighted by atomic mass is 15.1. The Hall–Kier alpha value is -0.860. The Labute approximate surface area is 97.4 Å². The first-order valence-electron chi connectivity index (χ1n) is 6.45. The van der Waals surface area contributed by atoms with E-state index < -0.39 is 0 Å². The van der Waals surface area contributed by atoms with Gasteiger partial charge in [-0.3, -0.25) is 0 Å². The Bertz CT molecular complexity index is 319. The van der Waals surface area contributed by atoms with Gasteiger partial charge in [-0.15, -0.1) is 0 Å². The molecule has 16 heavy (non-hydrogen) atoms. The summed E-state index contributed by atoms with van der Waals surface area (Å²) >= 11 is 0. The first-order chi connectivity index (χ1) is 7.92. The highest BCUT2D eigenvalue weighted by molar-refractivity contribution is 5.28. The highest BCUT2D eigenvalue weighted by Crippen LogP contribution is 2.18. The topological polar surface area (TPSA) is 43.9 Å². The van der Waals surface area contributed by atoms with E-state index in [9.17, 15) is 0 Å². The average Bonchev–Trinajstić information content (AvgIpc) is 3.17. The van der Waals surface area contributed by atoms with Gasteiger partial charge < -0.3 is 10.6 Å². The van der Waals surface area contributed by atoms with Crippen molar-refractivity contribution in [2.45, 2.75) is 37.8 Å². The molecule has 1 aromatic rings. The monoisotopic (exact) mass is 216 g/mol. The third-order valence-corrected chi connectivity index (χ3v) is 3.63. The van der Waals surface area contributed by atoms with E-state index in [2.05, 4.69) is 34.9 Å². The van der Waals surface area contributed by atoms with E-state index in [4.69, 9.17) is 0 Å². The van der Waals surface area contributed by atoms with Crippen LogP contribution in [0.1, 0.15) is 24.0 Å². The van der Waals surface area contributed by atoms with Crippen molar-refractivity contribution < 1.29 is 0 Å². The summed E-state index contributed by atoms with van der Waals surface area (Å²) in [7, 11) is 0. The number of benzene rings is 1. The van der Waals surface area contributed by atoms with Crippen LogP contribution in [0.2, 0.25) is 0 Å². The van der Waals surface area contributed by atoms with Crippen LogP contribution in [-0.2, 0) is 12.8 Å². The second-order valence-corrected chi connectivity index (χ2v) is 5.06. The van der Waals surface area contributed by atoms with E-state index in [-0.39, 0.29) is 0 Å². The zero-order valence-electron chi connectivity index (χ0n) is 9.71. The van der Waals surface area contributed by atoms with Crippen molar-refractivity contribution in [1.82, 2.24) is 10.6 Å². The molecule has 2 saturated heterocycles. The fourth-order valence-corrected chi connectivity index (χ4v) is 2.28. The van der Waals surface area contributed by atoms with Gasteiger partial charge in [-0.1, -0.05) is 24.3 Å². The maximum atomic E-state index is 3.37. The first kappa shape index (κ1) is 10.3. The number of hydrogen-bond donors (Lipinski definition) is 2. The van der Waals surface area contributed by atoms with Gasteiger partial charge in [-0.25, -0.2) is 0 Å². The molecule has 0 aromatic heterocycles. The number of rotatable bonds is 6. The van der Waals surface area contributed by atoms with Crippen LogP contribution in [0.25, 0.3) is 0 Å². The largest absolute Gasteiger partial charge is 0.311 e. The molecule has 2 heterocycles. The molecule has 0 spiro atoms. The molecule has 2 aliphatic heterocycles. The molecule has 0 bridgehead atoms. The van der Waals surface area contributed by atoms with Crippen LogP contribution in [0.4, 0.5) is 0 Å². The minimum atomic E-state index is 0.804. The average molecular weight is 216 g/mol. The van der Waals surface area contributed by atoms with E-state index >= 15 is 0 Å². The summed E-state index contributed by atoms with van der Waals surface area (Å²) in [6.07, 6.45) is 5.09. The minimum absolute atomic E-state index is 0.804. The van der Waals surface area contributed by atoms with Crippen LogP contribution >= 0.6 is 0 Å². The van der Waals surface area contributed by atoms with Gasteiger partial charge in [0.2, 0.25) is 0 Å². The van der Waals surface area contributed by atoms with Crippen LogP contribution < -0.4 is 10.6 Å². The summed E-state index contributed by atoms with van der Waals surface area (Å²) in [6, 6.07) is 10.6. The summed E-state index contributed by atoms with van der Waals surface area (Å²) < 4.78 is 0. The first-order valence-corrected chi connectivity index (χ1v) is 6.45. The zero-order valence-corrected chi connectivity index (χ0v) is 9.71. The van der Waals surface area contributed by atoms with Crippen LogP contribution in [0.15, 0.2) is 24.3 Å². The molecule has 2 unspecified atom stereocenters. The molecule has 86 valence electrons. The summed E-state index contributed by atoms with van der Waals surface area (Å²) in [5, 5.41) is 6.75. The number of aryl methyl sites for hydroxylation is 2. The highest BCUT2D eigenvalue weighted by Gasteiger charge is 2.21.